The average Bonchev–Trinajstić information content (AvgIpc) is 2.66. The van der Waals surface area contributed by atoms with Crippen LogP contribution in [0.25, 0.3) is 32.3 Å². The van der Waals surface area contributed by atoms with Crippen LogP contribution in [0, 0.1) is 0 Å². The van der Waals surface area contributed by atoms with Gasteiger partial charge in [-0.1, -0.05) is 48.5 Å². The molecule has 0 bridgehead atoms. The van der Waals surface area contributed by atoms with E-state index in [9.17, 15) is 9.59 Å². The van der Waals surface area contributed by atoms with Gasteiger partial charge in [-0.3, -0.25) is 4.79 Å². The van der Waals surface area contributed by atoms with Gasteiger partial charge in [-0.25, -0.2) is 4.79 Å². The molecular formula is C22H19NO3. The zero-order chi connectivity index (χ0) is 18.3. The van der Waals surface area contributed by atoms with Gasteiger partial charge in [-0.15, -0.1) is 0 Å². The zero-order valence-corrected chi connectivity index (χ0v) is 14.7. The van der Waals surface area contributed by atoms with Gasteiger partial charge >= 0.3 is 5.97 Å². The Bertz CT molecular complexity index is 1120. The van der Waals surface area contributed by atoms with Crippen LogP contribution in [0.5, 0.6) is 0 Å². The SMILES string of the molecule is CCOC(=O)[C@H](C)NC(=O)c1ccc2ccc3cccc4ccc1c2c34. The highest BCUT2D eigenvalue weighted by molar-refractivity contribution is 6.26. The predicted molar refractivity (Wildman–Crippen MR) is 104 cm³/mol. The quantitative estimate of drug-likeness (QED) is 0.444. The van der Waals surface area contributed by atoms with Crippen molar-refractivity contribution in [3.05, 3.63) is 60.2 Å². The van der Waals surface area contributed by atoms with Crippen molar-refractivity contribution in [3.8, 4) is 0 Å². The lowest BCUT2D eigenvalue weighted by Crippen LogP contribution is -2.39. The van der Waals surface area contributed by atoms with Gasteiger partial charge in [0.15, 0.2) is 0 Å². The number of esters is 1. The largest absolute Gasteiger partial charge is 0.464 e. The maximum atomic E-state index is 12.8. The lowest BCUT2D eigenvalue weighted by Gasteiger charge is -2.16. The van der Waals surface area contributed by atoms with Gasteiger partial charge in [0.05, 0.1) is 6.61 Å². The van der Waals surface area contributed by atoms with Crippen molar-refractivity contribution < 1.29 is 14.3 Å². The van der Waals surface area contributed by atoms with Gasteiger partial charge in [0, 0.05) is 5.56 Å². The summed E-state index contributed by atoms with van der Waals surface area (Å²) in [5.41, 5.74) is 0.562. The lowest BCUT2D eigenvalue weighted by molar-refractivity contribution is -0.144. The van der Waals surface area contributed by atoms with Crippen molar-refractivity contribution >= 4 is 44.2 Å². The smallest absolute Gasteiger partial charge is 0.328 e. The average molecular weight is 345 g/mol. The molecule has 4 aromatic carbocycles. The second kappa shape index (κ2) is 6.30. The van der Waals surface area contributed by atoms with Gasteiger partial charge in [-0.2, -0.15) is 0 Å². The van der Waals surface area contributed by atoms with Crippen LogP contribution >= 0.6 is 0 Å². The Morgan fingerprint density at radius 2 is 1.54 bits per heavy atom. The second-order valence-corrected chi connectivity index (χ2v) is 6.42. The summed E-state index contributed by atoms with van der Waals surface area (Å²) in [6, 6.07) is 17.5. The standard InChI is InChI=1S/C22H19NO3/c1-3-26-22(25)13(2)23-21(24)18-12-10-16-8-7-14-5-4-6-15-9-11-17(18)20(16)19(14)15/h4-13H,3H2,1-2H3,(H,23,24)/t13-/m0/s1. The second-order valence-electron chi connectivity index (χ2n) is 6.42. The summed E-state index contributed by atoms with van der Waals surface area (Å²) in [6.45, 7) is 3.66. The first-order valence-electron chi connectivity index (χ1n) is 8.74. The highest BCUT2D eigenvalue weighted by Gasteiger charge is 2.20. The van der Waals surface area contributed by atoms with E-state index < -0.39 is 12.0 Å². The van der Waals surface area contributed by atoms with Gasteiger partial charge in [0.25, 0.3) is 5.91 Å². The first kappa shape index (κ1) is 16.3. The fraction of sp³-hybridized carbons (Fsp3) is 0.182. The third-order valence-electron chi connectivity index (χ3n) is 4.76. The van der Waals surface area contributed by atoms with E-state index >= 15 is 0 Å². The molecule has 0 fully saturated rings. The molecular weight excluding hydrogens is 326 g/mol. The Morgan fingerprint density at radius 3 is 2.23 bits per heavy atom. The van der Waals surface area contributed by atoms with E-state index in [0.717, 1.165) is 32.3 Å². The molecule has 4 nitrogen and oxygen atoms in total. The van der Waals surface area contributed by atoms with E-state index in [2.05, 4.69) is 29.6 Å². The Labute approximate surface area is 151 Å². The summed E-state index contributed by atoms with van der Waals surface area (Å²) < 4.78 is 4.97. The normalized spacial score (nSPS) is 12.5. The van der Waals surface area contributed by atoms with E-state index in [1.54, 1.807) is 13.8 Å². The number of benzene rings is 4. The highest BCUT2D eigenvalue weighted by Crippen LogP contribution is 2.35. The molecule has 4 aromatic rings. The number of hydrogen-bond donors (Lipinski definition) is 1. The third kappa shape index (κ3) is 2.54. The minimum atomic E-state index is -0.694. The summed E-state index contributed by atoms with van der Waals surface area (Å²) in [5.74, 6) is -0.706. The van der Waals surface area contributed by atoms with Crippen LogP contribution in [-0.2, 0) is 9.53 Å². The number of ether oxygens (including phenoxy) is 1. The molecule has 0 saturated heterocycles. The van der Waals surface area contributed by atoms with Crippen LogP contribution in [0.3, 0.4) is 0 Å². The van der Waals surface area contributed by atoms with Crippen molar-refractivity contribution in [2.45, 2.75) is 19.9 Å². The van der Waals surface area contributed by atoms with Crippen molar-refractivity contribution in [3.63, 3.8) is 0 Å². The molecule has 0 aliphatic rings. The molecule has 0 radical (unpaired) electrons. The molecule has 0 heterocycles. The molecule has 1 amide bonds. The molecule has 4 rings (SSSR count). The summed E-state index contributed by atoms with van der Waals surface area (Å²) in [5, 5.41) is 9.27. The molecule has 0 aliphatic heterocycles. The van der Waals surface area contributed by atoms with Crippen molar-refractivity contribution in [1.82, 2.24) is 5.32 Å². The van der Waals surface area contributed by atoms with Crippen LogP contribution in [-0.4, -0.2) is 24.5 Å². The third-order valence-corrected chi connectivity index (χ3v) is 4.76. The summed E-state index contributed by atoms with van der Waals surface area (Å²) in [4.78, 5) is 24.6. The molecule has 130 valence electrons. The van der Waals surface area contributed by atoms with E-state index in [-0.39, 0.29) is 12.5 Å². The Morgan fingerprint density at radius 1 is 0.923 bits per heavy atom. The predicted octanol–water partition coefficient (Wildman–Crippen LogP) is 4.27. The zero-order valence-electron chi connectivity index (χ0n) is 14.7. The Kier molecular flexibility index (Phi) is 3.96. The summed E-state index contributed by atoms with van der Waals surface area (Å²) in [7, 11) is 0. The maximum Gasteiger partial charge on any atom is 0.328 e. The molecule has 0 saturated carbocycles. The minimum Gasteiger partial charge on any atom is -0.464 e. The number of carbonyl (C=O) groups is 2. The van der Waals surface area contributed by atoms with Crippen molar-refractivity contribution in [2.24, 2.45) is 0 Å². The first-order chi connectivity index (χ1) is 12.6. The molecule has 1 N–H and O–H groups in total. The molecule has 1 atom stereocenters. The Balaban J connectivity index is 1.83. The molecule has 4 heteroatoms. The molecule has 26 heavy (non-hydrogen) atoms. The van der Waals surface area contributed by atoms with Crippen LogP contribution in [0.15, 0.2) is 54.6 Å². The first-order valence-corrected chi connectivity index (χ1v) is 8.74. The monoisotopic (exact) mass is 345 g/mol. The molecule has 0 spiro atoms. The van der Waals surface area contributed by atoms with E-state index in [1.165, 1.54) is 0 Å². The number of rotatable bonds is 4. The maximum absolute atomic E-state index is 12.8. The summed E-state index contributed by atoms with van der Waals surface area (Å²) in [6.07, 6.45) is 0. The van der Waals surface area contributed by atoms with Crippen LogP contribution < -0.4 is 5.32 Å². The van der Waals surface area contributed by atoms with Crippen molar-refractivity contribution in [1.29, 1.82) is 0 Å². The van der Waals surface area contributed by atoms with Crippen LogP contribution in [0.2, 0.25) is 0 Å². The molecule has 0 aromatic heterocycles. The van der Waals surface area contributed by atoms with E-state index in [0.29, 0.717) is 5.56 Å². The fourth-order valence-electron chi connectivity index (χ4n) is 3.53. The van der Waals surface area contributed by atoms with Crippen molar-refractivity contribution in [2.75, 3.05) is 6.61 Å². The van der Waals surface area contributed by atoms with Gasteiger partial charge < -0.3 is 10.1 Å². The van der Waals surface area contributed by atoms with Gasteiger partial charge in [0.2, 0.25) is 0 Å². The summed E-state index contributed by atoms with van der Waals surface area (Å²) >= 11 is 0. The lowest BCUT2D eigenvalue weighted by atomic mass is 9.92. The van der Waals surface area contributed by atoms with Gasteiger partial charge in [-0.05, 0) is 52.2 Å². The minimum absolute atomic E-state index is 0.275. The molecule has 0 aliphatic carbocycles. The van der Waals surface area contributed by atoms with E-state index in [1.807, 2.05) is 30.3 Å². The fourth-order valence-corrected chi connectivity index (χ4v) is 3.53. The number of carbonyl (C=O) groups excluding carboxylic acids is 2. The molecule has 0 unspecified atom stereocenters. The highest BCUT2D eigenvalue weighted by atomic mass is 16.5. The number of amides is 1. The van der Waals surface area contributed by atoms with E-state index in [4.69, 9.17) is 4.74 Å². The van der Waals surface area contributed by atoms with Gasteiger partial charge in [0.1, 0.15) is 6.04 Å². The topological polar surface area (TPSA) is 55.4 Å². The van der Waals surface area contributed by atoms with Crippen LogP contribution in [0.4, 0.5) is 0 Å². The Hall–Kier alpha value is -3.14. The number of hydrogen-bond acceptors (Lipinski definition) is 3. The number of nitrogens with one attached hydrogen (secondary N) is 1. The van der Waals surface area contributed by atoms with Crippen LogP contribution in [0.1, 0.15) is 24.2 Å².